The van der Waals surface area contributed by atoms with Gasteiger partial charge < -0.3 is 9.84 Å². The largest absolute Gasteiger partial charge is 0.508 e. The van der Waals surface area contributed by atoms with E-state index in [-0.39, 0.29) is 23.4 Å². The Balaban J connectivity index is 1.98. The lowest BCUT2D eigenvalue weighted by Crippen LogP contribution is -2.12. The highest BCUT2D eigenvalue weighted by Gasteiger charge is 2.15. The molecule has 0 bridgehead atoms. The molecule has 0 radical (unpaired) electrons. The number of benzene rings is 2. The Morgan fingerprint density at radius 3 is 2.43 bits per heavy atom. The summed E-state index contributed by atoms with van der Waals surface area (Å²) in [5.41, 5.74) is 2.11. The molecule has 2 aromatic rings. The summed E-state index contributed by atoms with van der Waals surface area (Å²) in [5.74, 6) is -0.302. The van der Waals surface area contributed by atoms with E-state index in [0.717, 1.165) is 5.56 Å². The summed E-state index contributed by atoms with van der Waals surface area (Å²) in [6.07, 6.45) is 1.39. The summed E-state index contributed by atoms with van der Waals surface area (Å²) < 4.78 is 4.71. The van der Waals surface area contributed by atoms with Gasteiger partial charge in [-0.2, -0.15) is 0 Å². The van der Waals surface area contributed by atoms with Gasteiger partial charge in [0, 0.05) is 11.5 Å². The second kappa shape index (κ2) is 7.58. The van der Waals surface area contributed by atoms with Crippen LogP contribution in [0.15, 0.2) is 48.5 Å². The molecule has 0 heterocycles. The second-order valence-electron chi connectivity index (χ2n) is 5.54. The predicted molar refractivity (Wildman–Crippen MR) is 87.7 cm³/mol. The van der Waals surface area contributed by atoms with Gasteiger partial charge in [-0.25, -0.2) is 4.79 Å². The van der Waals surface area contributed by atoms with E-state index in [9.17, 15) is 14.7 Å². The van der Waals surface area contributed by atoms with Crippen LogP contribution in [-0.2, 0) is 11.2 Å². The minimum absolute atomic E-state index is 0.0501. The molecule has 1 unspecified atom stereocenters. The average molecular weight is 312 g/mol. The lowest BCUT2D eigenvalue weighted by atomic mass is 9.93. The van der Waals surface area contributed by atoms with Gasteiger partial charge in [0.15, 0.2) is 5.78 Å². The molecule has 0 aliphatic heterocycles. The molecule has 0 aliphatic rings. The molecule has 1 N–H and O–H groups in total. The zero-order valence-corrected chi connectivity index (χ0v) is 13.3. The van der Waals surface area contributed by atoms with E-state index in [2.05, 4.69) is 0 Å². The minimum Gasteiger partial charge on any atom is -0.508 e. The van der Waals surface area contributed by atoms with Crippen LogP contribution in [-0.4, -0.2) is 24.0 Å². The molecule has 0 saturated carbocycles. The highest BCUT2D eigenvalue weighted by atomic mass is 16.5. The lowest BCUT2D eigenvalue weighted by molar-refractivity contribution is 0.0600. The number of carbonyl (C=O) groups is 2. The lowest BCUT2D eigenvalue weighted by Gasteiger charge is -2.11. The SMILES string of the molecule is COC(=O)c1cccc(CCC(C)C(=O)c2ccc(O)cc2)c1. The van der Waals surface area contributed by atoms with Crippen molar-refractivity contribution in [2.75, 3.05) is 7.11 Å². The quantitative estimate of drug-likeness (QED) is 0.653. The Hall–Kier alpha value is -2.62. The number of aromatic hydroxyl groups is 1. The topological polar surface area (TPSA) is 63.6 Å². The van der Waals surface area contributed by atoms with Crippen LogP contribution in [0.3, 0.4) is 0 Å². The van der Waals surface area contributed by atoms with Crippen molar-refractivity contribution < 1.29 is 19.4 Å². The number of aryl methyl sites for hydroxylation is 1. The molecule has 120 valence electrons. The Labute approximate surface area is 135 Å². The van der Waals surface area contributed by atoms with E-state index in [1.165, 1.54) is 19.2 Å². The van der Waals surface area contributed by atoms with Gasteiger partial charge in [0.1, 0.15) is 5.75 Å². The number of ketones is 1. The highest BCUT2D eigenvalue weighted by Crippen LogP contribution is 2.18. The van der Waals surface area contributed by atoms with Gasteiger partial charge in [-0.3, -0.25) is 4.79 Å². The summed E-state index contributed by atoms with van der Waals surface area (Å²) >= 11 is 0. The maximum atomic E-state index is 12.3. The highest BCUT2D eigenvalue weighted by molar-refractivity contribution is 5.97. The number of Topliss-reactive ketones (excluding diaryl/α,β-unsaturated/α-hetero) is 1. The third-order valence-corrected chi connectivity index (χ3v) is 3.81. The molecule has 4 nitrogen and oxygen atoms in total. The first-order valence-corrected chi connectivity index (χ1v) is 7.51. The van der Waals surface area contributed by atoms with E-state index >= 15 is 0 Å². The first kappa shape index (κ1) is 16.7. The van der Waals surface area contributed by atoms with Crippen molar-refractivity contribution in [2.24, 2.45) is 5.92 Å². The average Bonchev–Trinajstić information content (AvgIpc) is 2.59. The molecule has 0 aromatic heterocycles. The van der Waals surface area contributed by atoms with E-state index in [1.54, 1.807) is 24.3 Å². The number of ether oxygens (including phenoxy) is 1. The molecule has 23 heavy (non-hydrogen) atoms. The minimum atomic E-state index is -0.361. The Kier molecular flexibility index (Phi) is 5.52. The van der Waals surface area contributed by atoms with Gasteiger partial charge >= 0.3 is 5.97 Å². The van der Waals surface area contributed by atoms with Crippen LogP contribution in [0.5, 0.6) is 5.75 Å². The van der Waals surface area contributed by atoms with E-state index in [1.807, 2.05) is 19.1 Å². The zero-order valence-electron chi connectivity index (χ0n) is 13.3. The van der Waals surface area contributed by atoms with Gasteiger partial charge in [-0.15, -0.1) is 0 Å². The maximum Gasteiger partial charge on any atom is 0.337 e. The number of rotatable bonds is 6. The van der Waals surface area contributed by atoms with Crippen molar-refractivity contribution in [1.29, 1.82) is 0 Å². The van der Waals surface area contributed by atoms with E-state index in [0.29, 0.717) is 24.0 Å². The molecule has 0 spiro atoms. The summed E-state index contributed by atoms with van der Waals surface area (Å²) in [6, 6.07) is 13.5. The molecule has 0 amide bonds. The molecular weight excluding hydrogens is 292 g/mol. The van der Waals surface area contributed by atoms with Crippen LogP contribution in [0.4, 0.5) is 0 Å². The number of esters is 1. The first-order chi connectivity index (χ1) is 11.0. The molecule has 0 saturated heterocycles. The number of carbonyl (C=O) groups excluding carboxylic acids is 2. The standard InChI is InChI=1S/C19H20O4/c1-13(18(21)15-8-10-17(20)11-9-15)6-7-14-4-3-5-16(12-14)19(22)23-2/h3-5,8-13,20H,6-7H2,1-2H3. The van der Waals surface area contributed by atoms with Gasteiger partial charge in [-0.1, -0.05) is 19.1 Å². The van der Waals surface area contributed by atoms with Gasteiger partial charge in [-0.05, 0) is 54.8 Å². The number of hydrogen-bond acceptors (Lipinski definition) is 4. The molecule has 0 fully saturated rings. The predicted octanol–water partition coefficient (Wildman–Crippen LogP) is 3.63. The smallest absolute Gasteiger partial charge is 0.337 e. The van der Waals surface area contributed by atoms with E-state index in [4.69, 9.17) is 4.74 Å². The molecule has 0 aliphatic carbocycles. The van der Waals surface area contributed by atoms with Crippen LogP contribution in [0, 0.1) is 5.92 Å². The van der Waals surface area contributed by atoms with Crippen molar-refractivity contribution in [1.82, 2.24) is 0 Å². The van der Waals surface area contributed by atoms with Gasteiger partial charge in [0.2, 0.25) is 0 Å². The fourth-order valence-electron chi connectivity index (χ4n) is 2.40. The van der Waals surface area contributed by atoms with Gasteiger partial charge in [0.05, 0.1) is 12.7 Å². The summed E-state index contributed by atoms with van der Waals surface area (Å²) in [5, 5.41) is 9.27. The van der Waals surface area contributed by atoms with Crippen LogP contribution >= 0.6 is 0 Å². The van der Waals surface area contributed by atoms with Gasteiger partial charge in [0.25, 0.3) is 0 Å². The second-order valence-corrected chi connectivity index (χ2v) is 5.54. The number of methoxy groups -OCH3 is 1. The van der Waals surface area contributed by atoms with Crippen LogP contribution in [0.2, 0.25) is 0 Å². The van der Waals surface area contributed by atoms with Crippen molar-refractivity contribution in [3.63, 3.8) is 0 Å². The summed E-state index contributed by atoms with van der Waals surface area (Å²) in [4.78, 5) is 23.9. The van der Waals surface area contributed by atoms with E-state index < -0.39 is 0 Å². The Morgan fingerprint density at radius 2 is 1.78 bits per heavy atom. The number of hydrogen-bond donors (Lipinski definition) is 1. The monoisotopic (exact) mass is 312 g/mol. The van der Waals surface area contributed by atoms with Crippen LogP contribution < -0.4 is 0 Å². The van der Waals surface area contributed by atoms with Crippen molar-refractivity contribution in [3.8, 4) is 5.75 Å². The van der Waals surface area contributed by atoms with Crippen molar-refractivity contribution in [3.05, 3.63) is 65.2 Å². The summed E-state index contributed by atoms with van der Waals surface area (Å²) in [6.45, 7) is 1.89. The fourth-order valence-corrected chi connectivity index (χ4v) is 2.40. The first-order valence-electron chi connectivity index (χ1n) is 7.51. The van der Waals surface area contributed by atoms with Crippen LogP contribution in [0.1, 0.15) is 39.6 Å². The third-order valence-electron chi connectivity index (χ3n) is 3.81. The van der Waals surface area contributed by atoms with Crippen molar-refractivity contribution >= 4 is 11.8 Å². The molecule has 4 heteroatoms. The summed E-state index contributed by atoms with van der Waals surface area (Å²) in [7, 11) is 1.35. The van der Waals surface area contributed by atoms with Crippen molar-refractivity contribution in [2.45, 2.75) is 19.8 Å². The molecule has 1 atom stereocenters. The Bertz CT molecular complexity index is 689. The maximum absolute atomic E-state index is 12.3. The zero-order chi connectivity index (χ0) is 16.8. The fraction of sp³-hybridized carbons (Fsp3) is 0.263. The Morgan fingerprint density at radius 1 is 1.09 bits per heavy atom. The molecular formula is C19H20O4. The molecule has 2 rings (SSSR count). The normalized spacial score (nSPS) is 11.7. The van der Waals surface area contributed by atoms with Crippen LogP contribution in [0.25, 0.3) is 0 Å². The number of phenolic OH excluding ortho intramolecular Hbond substituents is 1. The third kappa shape index (κ3) is 4.42. The number of phenols is 1. The molecule has 2 aromatic carbocycles.